The number of esters is 1. The van der Waals surface area contributed by atoms with Crippen LogP contribution in [0.25, 0.3) is 44.4 Å². The van der Waals surface area contributed by atoms with Crippen LogP contribution in [-0.2, 0) is 14.8 Å². The van der Waals surface area contributed by atoms with Crippen molar-refractivity contribution in [2.45, 2.75) is 11.3 Å². The zero-order valence-corrected chi connectivity index (χ0v) is 26.5. The molecule has 1 aliphatic heterocycles. The summed E-state index contributed by atoms with van der Waals surface area (Å²) in [5.41, 5.74) is 2.51. The number of fused-ring (bicyclic) bond motifs is 2. The Labute approximate surface area is 277 Å². The van der Waals surface area contributed by atoms with Crippen molar-refractivity contribution in [2.75, 3.05) is 13.9 Å². The predicted molar refractivity (Wildman–Crippen MR) is 175 cm³/mol. The van der Waals surface area contributed by atoms with E-state index in [-0.39, 0.29) is 44.4 Å². The Bertz CT molecular complexity index is 2360. The van der Waals surface area contributed by atoms with Gasteiger partial charge >= 0.3 is 5.97 Å². The van der Waals surface area contributed by atoms with Crippen molar-refractivity contribution < 1.29 is 40.6 Å². The minimum Gasteiger partial charge on any atom is -0.465 e. The maximum Gasteiger partial charge on any atom is 0.337 e. The van der Waals surface area contributed by atoms with Gasteiger partial charge in [0.2, 0.25) is 6.79 Å². The number of ether oxygens (including phenoxy) is 3. The lowest BCUT2D eigenvalue weighted by atomic mass is 9.95. The minimum atomic E-state index is -4.50. The van der Waals surface area contributed by atoms with Gasteiger partial charge in [0, 0.05) is 38.2 Å². The molecule has 0 amide bonds. The summed E-state index contributed by atoms with van der Waals surface area (Å²) in [6, 6.07) is 24.8. The second-order valence-corrected chi connectivity index (χ2v) is 13.0. The highest BCUT2D eigenvalue weighted by molar-refractivity contribution is 7.90. The summed E-state index contributed by atoms with van der Waals surface area (Å²) in [6.45, 7) is -0.0704. The molecule has 0 N–H and O–H groups in total. The topological polar surface area (TPSA) is 83.8 Å². The summed E-state index contributed by atoms with van der Waals surface area (Å²) >= 11 is 6.62. The van der Waals surface area contributed by atoms with Gasteiger partial charge in [-0.2, -0.15) is 0 Å². The predicted octanol–water partition coefficient (Wildman–Crippen LogP) is 9.12. The monoisotopic (exact) mass is 689 g/mol. The minimum absolute atomic E-state index is 0.0704. The molecular weight excluding hydrogens is 667 g/mol. The van der Waals surface area contributed by atoms with Crippen molar-refractivity contribution in [2.24, 2.45) is 0 Å². The van der Waals surface area contributed by atoms with E-state index in [4.69, 9.17) is 25.8 Å². The highest BCUT2D eigenvalue weighted by atomic mass is 35.5. The number of benzene rings is 5. The van der Waals surface area contributed by atoms with Gasteiger partial charge in [-0.3, -0.25) is 0 Å². The maximum atomic E-state index is 15.0. The molecule has 0 aliphatic carbocycles. The first-order valence-electron chi connectivity index (χ1n) is 14.4. The number of nitrogens with zero attached hydrogens (tertiary/aromatic N) is 1. The van der Waals surface area contributed by atoms with Crippen LogP contribution in [0.3, 0.4) is 0 Å². The summed E-state index contributed by atoms with van der Waals surface area (Å²) in [4.78, 5) is 11.8. The zero-order valence-electron chi connectivity index (χ0n) is 24.9. The largest absolute Gasteiger partial charge is 0.465 e. The molecule has 1 aliphatic rings. The molecule has 7 nitrogen and oxygen atoms in total. The SMILES string of the molecule is COC(=O)c1ccc(-c2cccc(-c3c(-c4cccc5c4OCO5)c4cc(F)ccc4n3S(=O)(=O)c3ccc(C(F)F)cc3)c2)c(Cl)c1. The molecule has 12 heteroatoms. The fourth-order valence-corrected chi connectivity index (χ4v) is 7.70. The highest BCUT2D eigenvalue weighted by Crippen LogP contribution is 2.50. The number of rotatable bonds is 7. The summed E-state index contributed by atoms with van der Waals surface area (Å²) in [5.74, 6) is -0.403. The van der Waals surface area contributed by atoms with Crippen LogP contribution in [0, 0.1) is 5.82 Å². The Morgan fingerprint density at radius 1 is 0.875 bits per heavy atom. The molecule has 0 saturated heterocycles. The molecular formula is C36H23ClF3NO6S. The quantitative estimate of drug-likeness (QED) is 0.156. The van der Waals surface area contributed by atoms with E-state index in [9.17, 15) is 22.0 Å². The van der Waals surface area contributed by atoms with Gasteiger partial charge < -0.3 is 14.2 Å². The number of methoxy groups -OCH3 is 1. The van der Waals surface area contributed by atoms with E-state index in [1.54, 1.807) is 54.6 Å². The lowest BCUT2D eigenvalue weighted by Gasteiger charge is -2.16. The van der Waals surface area contributed by atoms with Crippen molar-refractivity contribution >= 4 is 38.5 Å². The Balaban J connectivity index is 1.54. The molecule has 0 fully saturated rings. The van der Waals surface area contributed by atoms with Crippen molar-refractivity contribution in [3.05, 3.63) is 125 Å². The standard InChI is InChI=1S/C36H23ClF3NO6S/c1-45-36(42)23-10-14-26(29(37)17-23)21-4-2-5-22(16-21)33-32(27-6-3-7-31-34(27)47-19-46-31)28-18-24(38)11-15-30(28)41(33)48(43,44)25-12-8-20(9-13-25)35(39)40/h2-18,35H,19H2,1H3. The van der Waals surface area contributed by atoms with Gasteiger partial charge in [-0.15, -0.1) is 0 Å². The van der Waals surface area contributed by atoms with Crippen LogP contribution < -0.4 is 9.47 Å². The lowest BCUT2D eigenvalue weighted by Crippen LogP contribution is -2.14. The first kappa shape index (κ1) is 31.3. The van der Waals surface area contributed by atoms with E-state index >= 15 is 4.39 Å². The second-order valence-electron chi connectivity index (χ2n) is 10.8. The number of alkyl halides is 2. The molecule has 5 aromatic carbocycles. The van der Waals surface area contributed by atoms with Gasteiger partial charge in [0.15, 0.2) is 11.5 Å². The van der Waals surface area contributed by atoms with Crippen LogP contribution in [0.5, 0.6) is 11.5 Å². The van der Waals surface area contributed by atoms with Crippen LogP contribution in [0.15, 0.2) is 108 Å². The van der Waals surface area contributed by atoms with Gasteiger partial charge in [0.1, 0.15) is 5.82 Å². The molecule has 7 rings (SSSR count). The number of hydrogen-bond acceptors (Lipinski definition) is 6. The molecule has 0 radical (unpaired) electrons. The third-order valence-electron chi connectivity index (χ3n) is 8.06. The normalized spacial score (nSPS) is 12.5. The highest BCUT2D eigenvalue weighted by Gasteiger charge is 2.32. The lowest BCUT2D eigenvalue weighted by molar-refractivity contribution is 0.0600. The van der Waals surface area contributed by atoms with Gasteiger partial charge in [-0.1, -0.05) is 60.1 Å². The smallest absolute Gasteiger partial charge is 0.337 e. The van der Waals surface area contributed by atoms with Crippen LogP contribution in [0.4, 0.5) is 13.2 Å². The van der Waals surface area contributed by atoms with E-state index in [1.165, 1.54) is 25.3 Å². The first-order chi connectivity index (χ1) is 23.1. The van der Waals surface area contributed by atoms with Crippen molar-refractivity contribution in [3.8, 4) is 45.0 Å². The molecule has 48 heavy (non-hydrogen) atoms. The first-order valence-corrected chi connectivity index (χ1v) is 16.3. The summed E-state index contributed by atoms with van der Waals surface area (Å²) in [7, 11) is -3.24. The van der Waals surface area contributed by atoms with Gasteiger partial charge in [0.05, 0.1) is 28.8 Å². The summed E-state index contributed by atoms with van der Waals surface area (Å²) in [6.07, 6.45) is -2.79. The average molecular weight is 690 g/mol. The molecule has 242 valence electrons. The Hall–Kier alpha value is -5.26. The van der Waals surface area contributed by atoms with Crippen LogP contribution in [0.1, 0.15) is 22.3 Å². The van der Waals surface area contributed by atoms with Crippen molar-refractivity contribution in [1.29, 1.82) is 0 Å². The fourth-order valence-electron chi connectivity index (χ4n) is 5.86. The molecule has 6 aromatic rings. The molecule has 0 unspecified atom stereocenters. The third-order valence-corrected chi connectivity index (χ3v) is 10.1. The van der Waals surface area contributed by atoms with E-state index in [1.807, 2.05) is 0 Å². The summed E-state index contributed by atoms with van der Waals surface area (Å²) in [5, 5.41) is 0.503. The molecule has 1 aromatic heterocycles. The fraction of sp³-hybridized carbons (Fsp3) is 0.0833. The molecule has 0 atom stereocenters. The van der Waals surface area contributed by atoms with Gasteiger partial charge in [-0.25, -0.2) is 30.4 Å². The van der Waals surface area contributed by atoms with Gasteiger partial charge in [-0.05, 0) is 60.2 Å². The molecule has 0 bridgehead atoms. The Morgan fingerprint density at radius 3 is 2.35 bits per heavy atom. The maximum absolute atomic E-state index is 15.0. The second kappa shape index (κ2) is 12.1. The molecule has 0 saturated carbocycles. The van der Waals surface area contributed by atoms with Crippen molar-refractivity contribution in [1.82, 2.24) is 3.97 Å². The Kier molecular flexibility index (Phi) is 7.89. The van der Waals surface area contributed by atoms with E-state index < -0.39 is 28.2 Å². The Morgan fingerprint density at radius 2 is 1.62 bits per heavy atom. The number of aromatic nitrogens is 1. The number of halogens is 4. The zero-order chi connectivity index (χ0) is 33.7. The van der Waals surface area contributed by atoms with Crippen LogP contribution in [0.2, 0.25) is 5.02 Å². The van der Waals surface area contributed by atoms with Gasteiger partial charge in [0.25, 0.3) is 16.4 Å². The third kappa shape index (κ3) is 5.25. The van der Waals surface area contributed by atoms with Crippen LogP contribution >= 0.6 is 11.6 Å². The number of hydrogen-bond donors (Lipinski definition) is 0. The average Bonchev–Trinajstić information content (AvgIpc) is 3.71. The number of carbonyl (C=O) groups is 1. The number of para-hydroxylation sites is 1. The van der Waals surface area contributed by atoms with E-state index in [0.717, 1.165) is 34.3 Å². The van der Waals surface area contributed by atoms with Crippen molar-refractivity contribution in [3.63, 3.8) is 0 Å². The summed E-state index contributed by atoms with van der Waals surface area (Å²) < 4.78 is 88.3. The molecule has 0 spiro atoms. The van der Waals surface area contributed by atoms with E-state index in [0.29, 0.717) is 39.3 Å². The van der Waals surface area contributed by atoms with E-state index in [2.05, 4.69) is 0 Å². The van der Waals surface area contributed by atoms with Crippen LogP contribution in [-0.4, -0.2) is 32.3 Å². The molecule has 2 heterocycles. The number of carbonyl (C=O) groups excluding carboxylic acids is 1.